The predicted octanol–water partition coefficient (Wildman–Crippen LogP) is 3.73. The lowest BCUT2D eigenvalue weighted by Crippen LogP contribution is -1.83. The highest BCUT2D eigenvalue weighted by Crippen LogP contribution is 2.34. The molecule has 1 nitrogen and oxygen atoms in total. The van der Waals surface area contributed by atoms with Crippen LogP contribution >= 0.6 is 11.3 Å². The molecule has 0 spiro atoms. The van der Waals surface area contributed by atoms with Gasteiger partial charge in [0.1, 0.15) is 0 Å². The zero-order valence-electron chi connectivity index (χ0n) is 8.16. The van der Waals surface area contributed by atoms with Crippen LogP contribution < -0.4 is 0 Å². The van der Waals surface area contributed by atoms with Gasteiger partial charge in [0.2, 0.25) is 0 Å². The van der Waals surface area contributed by atoms with E-state index < -0.39 is 0 Å². The van der Waals surface area contributed by atoms with Gasteiger partial charge in [-0.3, -0.25) is 4.98 Å². The van der Waals surface area contributed by atoms with E-state index in [1.165, 1.54) is 20.5 Å². The average Bonchev–Trinajstić information content (AvgIpc) is 2.45. The topological polar surface area (TPSA) is 12.9 Å². The monoisotopic (exact) mass is 191 g/mol. The van der Waals surface area contributed by atoms with Crippen molar-refractivity contribution in [1.82, 2.24) is 4.98 Å². The second-order valence-corrected chi connectivity index (χ2v) is 4.70. The molecule has 0 unspecified atom stereocenters. The molecule has 2 aromatic heterocycles. The van der Waals surface area contributed by atoms with Gasteiger partial charge in [-0.05, 0) is 24.5 Å². The van der Waals surface area contributed by atoms with Crippen LogP contribution in [0.2, 0.25) is 0 Å². The summed E-state index contributed by atoms with van der Waals surface area (Å²) in [5, 5.41) is 1.32. The van der Waals surface area contributed by atoms with Crippen molar-refractivity contribution >= 4 is 21.4 Å². The van der Waals surface area contributed by atoms with Crippen LogP contribution in [-0.2, 0) is 0 Å². The van der Waals surface area contributed by atoms with Gasteiger partial charge in [-0.25, -0.2) is 0 Å². The fourth-order valence-electron chi connectivity index (χ4n) is 1.63. The number of pyridine rings is 1. The Hall–Kier alpha value is -0.890. The highest BCUT2D eigenvalue weighted by atomic mass is 32.1. The fourth-order valence-corrected chi connectivity index (χ4v) is 2.81. The van der Waals surface area contributed by atoms with Crippen LogP contribution in [0.15, 0.2) is 18.5 Å². The van der Waals surface area contributed by atoms with Crippen molar-refractivity contribution in [2.75, 3.05) is 0 Å². The smallest absolute Gasteiger partial charge is 0.0379 e. The molecule has 68 valence electrons. The van der Waals surface area contributed by atoms with E-state index in [9.17, 15) is 0 Å². The van der Waals surface area contributed by atoms with E-state index in [1.54, 1.807) is 0 Å². The first-order valence-electron chi connectivity index (χ1n) is 4.53. The minimum absolute atomic E-state index is 0.623. The zero-order chi connectivity index (χ0) is 9.42. The minimum atomic E-state index is 0.623. The van der Waals surface area contributed by atoms with Crippen LogP contribution in [0.1, 0.15) is 30.2 Å². The second kappa shape index (κ2) is 3.11. The average molecular weight is 191 g/mol. The van der Waals surface area contributed by atoms with Gasteiger partial charge in [-0.1, -0.05) is 13.8 Å². The Kier molecular flexibility index (Phi) is 2.08. The molecule has 0 N–H and O–H groups in total. The Balaban J connectivity index is 2.74. The first-order chi connectivity index (χ1) is 6.20. The van der Waals surface area contributed by atoms with Crippen molar-refractivity contribution in [3.8, 4) is 0 Å². The fraction of sp³-hybridized carbons (Fsp3) is 0.364. The normalized spacial score (nSPS) is 11.4. The lowest BCUT2D eigenvalue weighted by molar-refractivity contribution is 0.882. The molecule has 0 atom stereocenters. The number of hydrogen-bond donors (Lipinski definition) is 0. The molecular formula is C11H13NS. The van der Waals surface area contributed by atoms with E-state index in [4.69, 9.17) is 0 Å². The molecule has 0 radical (unpaired) electrons. The Morgan fingerprint density at radius 3 is 2.77 bits per heavy atom. The van der Waals surface area contributed by atoms with Crippen LogP contribution in [0, 0.1) is 6.92 Å². The van der Waals surface area contributed by atoms with Gasteiger partial charge in [0.05, 0.1) is 0 Å². The molecule has 0 saturated heterocycles. The maximum Gasteiger partial charge on any atom is 0.0379 e. The molecule has 0 aliphatic rings. The van der Waals surface area contributed by atoms with E-state index in [2.05, 4.69) is 31.8 Å². The van der Waals surface area contributed by atoms with Gasteiger partial charge in [-0.15, -0.1) is 11.3 Å². The Bertz CT molecular complexity index is 429. The number of rotatable bonds is 1. The van der Waals surface area contributed by atoms with E-state index in [1.807, 2.05) is 23.7 Å². The first kappa shape index (κ1) is 8.70. The molecule has 2 aromatic rings. The van der Waals surface area contributed by atoms with Crippen LogP contribution in [-0.4, -0.2) is 4.98 Å². The molecule has 0 saturated carbocycles. The molecule has 13 heavy (non-hydrogen) atoms. The molecule has 0 fully saturated rings. The maximum atomic E-state index is 4.15. The molecular weight excluding hydrogens is 178 g/mol. The molecule has 0 aromatic carbocycles. The van der Waals surface area contributed by atoms with Gasteiger partial charge in [0.25, 0.3) is 0 Å². The highest BCUT2D eigenvalue weighted by Gasteiger charge is 2.10. The van der Waals surface area contributed by atoms with Crippen molar-refractivity contribution in [2.24, 2.45) is 0 Å². The van der Waals surface area contributed by atoms with Crippen molar-refractivity contribution in [1.29, 1.82) is 0 Å². The highest BCUT2D eigenvalue weighted by molar-refractivity contribution is 7.19. The van der Waals surface area contributed by atoms with Gasteiger partial charge in [0.15, 0.2) is 0 Å². The quantitative estimate of drug-likeness (QED) is 0.669. The van der Waals surface area contributed by atoms with E-state index in [-0.39, 0.29) is 0 Å². The molecule has 2 rings (SSSR count). The van der Waals surface area contributed by atoms with Crippen molar-refractivity contribution in [3.05, 3.63) is 28.9 Å². The van der Waals surface area contributed by atoms with Gasteiger partial charge < -0.3 is 0 Å². The first-order valence-corrected chi connectivity index (χ1v) is 5.35. The summed E-state index contributed by atoms with van der Waals surface area (Å²) in [6, 6.07) is 2.10. The maximum absolute atomic E-state index is 4.15. The number of aryl methyl sites for hydroxylation is 1. The van der Waals surface area contributed by atoms with Crippen LogP contribution in [0.4, 0.5) is 0 Å². The Morgan fingerprint density at radius 2 is 2.15 bits per heavy atom. The van der Waals surface area contributed by atoms with Crippen molar-refractivity contribution in [3.63, 3.8) is 0 Å². The third kappa shape index (κ3) is 1.35. The van der Waals surface area contributed by atoms with E-state index >= 15 is 0 Å². The van der Waals surface area contributed by atoms with Crippen LogP contribution in [0.5, 0.6) is 0 Å². The predicted molar refractivity (Wildman–Crippen MR) is 58.4 cm³/mol. The van der Waals surface area contributed by atoms with Crippen molar-refractivity contribution in [2.45, 2.75) is 26.7 Å². The van der Waals surface area contributed by atoms with Crippen molar-refractivity contribution < 1.29 is 0 Å². The summed E-state index contributed by atoms with van der Waals surface area (Å²) in [5.41, 5.74) is 1.41. The summed E-state index contributed by atoms with van der Waals surface area (Å²) in [6.45, 7) is 6.67. The summed E-state index contributed by atoms with van der Waals surface area (Å²) >= 11 is 1.89. The Morgan fingerprint density at radius 1 is 1.38 bits per heavy atom. The number of fused-ring (bicyclic) bond motifs is 1. The van der Waals surface area contributed by atoms with Gasteiger partial charge in [0, 0.05) is 27.4 Å². The molecule has 0 aliphatic carbocycles. The molecule has 0 aliphatic heterocycles. The number of nitrogens with zero attached hydrogens (tertiary/aromatic N) is 1. The summed E-state index contributed by atoms with van der Waals surface area (Å²) in [4.78, 5) is 5.64. The van der Waals surface area contributed by atoms with E-state index in [0.717, 1.165) is 0 Å². The summed E-state index contributed by atoms with van der Waals surface area (Å²) in [5.74, 6) is 0.623. The lowest BCUT2D eigenvalue weighted by Gasteiger charge is -2.01. The molecule has 2 heteroatoms. The van der Waals surface area contributed by atoms with E-state index in [0.29, 0.717) is 5.92 Å². The number of hydrogen-bond acceptors (Lipinski definition) is 2. The number of aromatic nitrogens is 1. The molecule has 0 amide bonds. The largest absolute Gasteiger partial charge is 0.264 e. The summed E-state index contributed by atoms with van der Waals surface area (Å²) in [7, 11) is 0. The zero-order valence-corrected chi connectivity index (χ0v) is 8.98. The third-order valence-corrected chi connectivity index (χ3v) is 3.87. The third-order valence-electron chi connectivity index (χ3n) is 2.30. The molecule has 0 bridgehead atoms. The molecule has 2 heterocycles. The minimum Gasteiger partial charge on any atom is -0.264 e. The SMILES string of the molecule is Cc1c(C(C)C)sc2ccncc12. The summed E-state index contributed by atoms with van der Waals surface area (Å²) in [6.07, 6.45) is 3.83. The van der Waals surface area contributed by atoms with Crippen LogP contribution in [0.25, 0.3) is 10.1 Å². The van der Waals surface area contributed by atoms with Gasteiger partial charge in [-0.2, -0.15) is 0 Å². The number of thiophene rings is 1. The van der Waals surface area contributed by atoms with Gasteiger partial charge >= 0.3 is 0 Å². The standard InChI is InChI=1S/C11H13NS/c1-7(2)11-8(3)9-6-12-5-4-10(9)13-11/h4-7H,1-3H3. The second-order valence-electron chi connectivity index (χ2n) is 3.62. The Labute approximate surface area is 82.4 Å². The lowest BCUT2D eigenvalue weighted by atomic mass is 10.1. The van der Waals surface area contributed by atoms with Crippen LogP contribution in [0.3, 0.4) is 0 Å². The summed E-state index contributed by atoms with van der Waals surface area (Å²) < 4.78 is 1.36.